The van der Waals surface area contributed by atoms with Crippen LogP contribution >= 0.6 is 11.6 Å². The van der Waals surface area contributed by atoms with Crippen LogP contribution < -0.4 is 10.1 Å². The number of carbonyl (C=O) groups excluding carboxylic acids is 2. The summed E-state index contributed by atoms with van der Waals surface area (Å²) in [5, 5.41) is 3.58. The van der Waals surface area contributed by atoms with Crippen molar-refractivity contribution in [3.63, 3.8) is 0 Å². The smallest absolute Gasteiger partial charge is 0.278 e. The Balaban J connectivity index is 1.70. The molecule has 0 aromatic heterocycles. The average molecular weight is 451 g/mol. The zero-order valence-electron chi connectivity index (χ0n) is 17.3. The summed E-state index contributed by atoms with van der Waals surface area (Å²) in [7, 11) is 0. The monoisotopic (exact) mass is 450 g/mol. The number of hydrogen-bond acceptors (Lipinski definition) is 4. The van der Waals surface area contributed by atoms with E-state index in [1.165, 1.54) is 6.07 Å². The zero-order valence-corrected chi connectivity index (χ0v) is 18.0. The lowest BCUT2D eigenvalue weighted by Crippen LogP contribution is -2.32. The van der Waals surface area contributed by atoms with Crippen molar-refractivity contribution < 1.29 is 18.7 Å². The fourth-order valence-corrected chi connectivity index (χ4v) is 3.59. The van der Waals surface area contributed by atoms with Crippen LogP contribution in [0.3, 0.4) is 0 Å². The third-order valence-electron chi connectivity index (χ3n) is 5.02. The average Bonchev–Trinajstić information content (AvgIpc) is 3.01. The van der Waals surface area contributed by atoms with Crippen molar-refractivity contribution in [3.05, 3.63) is 100 Å². The topological polar surface area (TPSA) is 58.6 Å². The van der Waals surface area contributed by atoms with Gasteiger partial charge in [0.25, 0.3) is 11.8 Å². The molecule has 32 heavy (non-hydrogen) atoms. The Morgan fingerprint density at radius 1 is 0.938 bits per heavy atom. The molecule has 5 nitrogen and oxygen atoms in total. The number of nitrogens with one attached hydrogen (secondary N) is 1. The molecule has 0 saturated heterocycles. The number of rotatable bonds is 7. The Bertz CT molecular complexity index is 1190. The molecule has 3 aromatic carbocycles. The first-order chi connectivity index (χ1) is 15.5. The summed E-state index contributed by atoms with van der Waals surface area (Å²) in [4.78, 5) is 27.6. The number of hydrogen-bond donors (Lipinski definition) is 1. The molecule has 1 aliphatic heterocycles. The van der Waals surface area contributed by atoms with Crippen molar-refractivity contribution in [1.82, 2.24) is 4.90 Å². The number of imide groups is 1. The van der Waals surface area contributed by atoms with Crippen molar-refractivity contribution in [2.24, 2.45) is 0 Å². The third kappa shape index (κ3) is 4.36. The van der Waals surface area contributed by atoms with Crippen LogP contribution in [0.15, 0.2) is 78.5 Å². The number of nitrogens with zero attached hydrogens (tertiary/aromatic N) is 1. The van der Waals surface area contributed by atoms with Crippen LogP contribution in [0.5, 0.6) is 5.75 Å². The molecule has 2 amide bonds. The SMILES string of the molecule is CCOc1ccc(NC2=C(c3ccc(Cl)cc3)C(=O)N(Cc3ccccc3F)C2=O)cc1. The van der Waals surface area contributed by atoms with Crippen molar-refractivity contribution in [3.8, 4) is 5.75 Å². The van der Waals surface area contributed by atoms with E-state index in [0.29, 0.717) is 28.6 Å². The van der Waals surface area contributed by atoms with Gasteiger partial charge in [0.2, 0.25) is 0 Å². The fraction of sp³-hybridized carbons (Fsp3) is 0.120. The maximum Gasteiger partial charge on any atom is 0.278 e. The summed E-state index contributed by atoms with van der Waals surface area (Å²) in [6, 6.07) is 19.8. The highest BCUT2D eigenvalue weighted by Crippen LogP contribution is 2.32. The highest BCUT2D eigenvalue weighted by Gasteiger charge is 2.39. The van der Waals surface area contributed by atoms with Gasteiger partial charge in [-0.25, -0.2) is 4.39 Å². The second kappa shape index (κ2) is 9.24. The van der Waals surface area contributed by atoms with Crippen molar-refractivity contribution in [2.45, 2.75) is 13.5 Å². The van der Waals surface area contributed by atoms with Gasteiger partial charge in [0.05, 0.1) is 18.7 Å². The number of benzene rings is 3. The molecule has 0 fully saturated rings. The molecule has 0 spiro atoms. The van der Waals surface area contributed by atoms with Crippen molar-refractivity contribution >= 4 is 34.7 Å². The molecule has 0 bridgehead atoms. The number of ether oxygens (including phenoxy) is 1. The summed E-state index contributed by atoms with van der Waals surface area (Å²) in [6.45, 7) is 2.26. The summed E-state index contributed by atoms with van der Waals surface area (Å²) >= 11 is 6.00. The molecule has 1 heterocycles. The second-order valence-corrected chi connectivity index (χ2v) is 7.56. The summed E-state index contributed by atoms with van der Waals surface area (Å²) in [5.74, 6) is -0.819. The van der Waals surface area contributed by atoms with E-state index in [9.17, 15) is 14.0 Å². The number of amides is 2. The minimum atomic E-state index is -0.530. The standard InChI is InChI=1S/C25H20ClFN2O3/c1-2-32-20-13-11-19(12-14-20)28-23-22(16-7-9-18(26)10-8-16)24(30)29(25(23)31)15-17-5-3-4-6-21(17)27/h3-14,28H,2,15H2,1H3. The van der Waals surface area contributed by atoms with Crippen LogP contribution in [0, 0.1) is 5.82 Å². The van der Waals surface area contributed by atoms with E-state index >= 15 is 0 Å². The molecule has 3 aromatic rings. The van der Waals surface area contributed by atoms with Crippen LogP contribution in [-0.2, 0) is 16.1 Å². The Morgan fingerprint density at radius 3 is 2.28 bits per heavy atom. The van der Waals surface area contributed by atoms with Gasteiger partial charge in [-0.1, -0.05) is 41.9 Å². The van der Waals surface area contributed by atoms with Gasteiger partial charge in [0.1, 0.15) is 17.3 Å². The van der Waals surface area contributed by atoms with Crippen LogP contribution in [0.1, 0.15) is 18.1 Å². The van der Waals surface area contributed by atoms with E-state index in [-0.39, 0.29) is 23.4 Å². The van der Waals surface area contributed by atoms with E-state index < -0.39 is 17.6 Å². The minimum Gasteiger partial charge on any atom is -0.494 e. The summed E-state index contributed by atoms with van der Waals surface area (Å²) in [6.07, 6.45) is 0. The second-order valence-electron chi connectivity index (χ2n) is 7.13. The molecular weight excluding hydrogens is 431 g/mol. The van der Waals surface area contributed by atoms with Gasteiger partial charge in [0.15, 0.2) is 0 Å². The lowest BCUT2D eigenvalue weighted by molar-refractivity contribution is -0.137. The fourth-order valence-electron chi connectivity index (χ4n) is 3.46. The highest BCUT2D eigenvalue weighted by atomic mass is 35.5. The first-order valence-electron chi connectivity index (χ1n) is 10.1. The number of halogens is 2. The molecule has 0 saturated carbocycles. The van der Waals surface area contributed by atoms with E-state index in [2.05, 4.69) is 5.32 Å². The van der Waals surface area contributed by atoms with E-state index in [1.807, 2.05) is 6.92 Å². The molecule has 0 aliphatic carbocycles. The molecule has 1 aliphatic rings. The van der Waals surface area contributed by atoms with Crippen molar-refractivity contribution in [1.29, 1.82) is 0 Å². The maximum absolute atomic E-state index is 14.2. The van der Waals surface area contributed by atoms with Gasteiger partial charge in [0, 0.05) is 16.3 Å². The van der Waals surface area contributed by atoms with Crippen LogP contribution in [0.4, 0.5) is 10.1 Å². The molecule has 162 valence electrons. The predicted octanol–water partition coefficient (Wildman–Crippen LogP) is 5.27. The number of carbonyl (C=O) groups is 2. The Morgan fingerprint density at radius 2 is 1.62 bits per heavy atom. The van der Waals surface area contributed by atoms with Gasteiger partial charge >= 0.3 is 0 Å². The first-order valence-corrected chi connectivity index (χ1v) is 10.5. The molecule has 7 heteroatoms. The van der Waals surface area contributed by atoms with Gasteiger partial charge in [-0.15, -0.1) is 0 Å². The van der Waals surface area contributed by atoms with Crippen LogP contribution in [-0.4, -0.2) is 23.3 Å². The molecule has 0 radical (unpaired) electrons. The van der Waals surface area contributed by atoms with E-state index in [1.54, 1.807) is 66.7 Å². The van der Waals surface area contributed by atoms with E-state index in [0.717, 1.165) is 4.90 Å². The third-order valence-corrected chi connectivity index (χ3v) is 5.27. The van der Waals surface area contributed by atoms with E-state index in [4.69, 9.17) is 16.3 Å². The largest absolute Gasteiger partial charge is 0.494 e. The first kappa shape index (κ1) is 21.6. The molecule has 4 rings (SSSR count). The lowest BCUT2D eigenvalue weighted by atomic mass is 10.0. The summed E-state index contributed by atoms with van der Waals surface area (Å²) in [5.41, 5.74) is 1.74. The Hall–Kier alpha value is -3.64. The van der Waals surface area contributed by atoms with Crippen molar-refractivity contribution in [2.75, 3.05) is 11.9 Å². The van der Waals surface area contributed by atoms with Gasteiger partial charge in [-0.05, 0) is 55.0 Å². The Labute approximate surface area is 190 Å². The molecule has 0 unspecified atom stereocenters. The molecule has 0 atom stereocenters. The van der Waals surface area contributed by atoms with Crippen LogP contribution in [0.2, 0.25) is 5.02 Å². The zero-order chi connectivity index (χ0) is 22.7. The highest BCUT2D eigenvalue weighted by molar-refractivity contribution is 6.36. The quantitative estimate of drug-likeness (QED) is 0.498. The summed E-state index contributed by atoms with van der Waals surface area (Å²) < 4.78 is 19.6. The predicted molar refractivity (Wildman–Crippen MR) is 122 cm³/mol. The van der Waals surface area contributed by atoms with Gasteiger partial charge < -0.3 is 10.1 Å². The van der Waals surface area contributed by atoms with Gasteiger partial charge in [-0.3, -0.25) is 14.5 Å². The van der Waals surface area contributed by atoms with Crippen LogP contribution in [0.25, 0.3) is 5.57 Å². The number of anilines is 1. The van der Waals surface area contributed by atoms with Gasteiger partial charge in [-0.2, -0.15) is 0 Å². The minimum absolute atomic E-state index is 0.123. The maximum atomic E-state index is 14.2. The Kier molecular flexibility index (Phi) is 6.23. The lowest BCUT2D eigenvalue weighted by Gasteiger charge is -2.16. The molecule has 1 N–H and O–H groups in total. The molecular formula is C25H20ClFN2O3. The normalized spacial score (nSPS) is 13.7.